The minimum Gasteiger partial charge on any atom is -0.355 e. The number of unbranched alkanes of at least 4 members (excludes halogenated alkanes) is 1. The molecule has 0 unspecified atom stereocenters. The summed E-state index contributed by atoms with van der Waals surface area (Å²) in [6.07, 6.45) is 1.92. The van der Waals surface area contributed by atoms with Gasteiger partial charge in [-0.1, -0.05) is 18.5 Å². The Hall–Kier alpha value is -2.18. The average Bonchev–Trinajstić information content (AvgIpc) is 2.76. The summed E-state index contributed by atoms with van der Waals surface area (Å²) in [7, 11) is 0. The van der Waals surface area contributed by atoms with Crippen LogP contribution >= 0.6 is 0 Å². The first-order valence-electron chi connectivity index (χ1n) is 6.64. The smallest absolute Gasteiger partial charge is 0.267 e. The minimum absolute atomic E-state index is 0.0397. The lowest BCUT2D eigenvalue weighted by Gasteiger charge is -2.09. The number of hydrogen-bond acceptors (Lipinski definition) is 5. The van der Waals surface area contributed by atoms with Crippen molar-refractivity contribution in [3.63, 3.8) is 0 Å². The molecule has 0 radical (unpaired) electrons. The van der Waals surface area contributed by atoms with Crippen LogP contribution in [0, 0.1) is 13.8 Å². The number of aromatic nitrogens is 3. The summed E-state index contributed by atoms with van der Waals surface area (Å²) >= 11 is 0. The summed E-state index contributed by atoms with van der Waals surface area (Å²) in [5, 5.41) is 6.84. The van der Waals surface area contributed by atoms with Gasteiger partial charge in [0.2, 0.25) is 5.91 Å². The molecule has 0 bridgehead atoms. The molecule has 7 nitrogen and oxygen atoms in total. The Bertz CT molecular complexity index is 687. The summed E-state index contributed by atoms with van der Waals surface area (Å²) in [6.45, 7) is 5.97. The van der Waals surface area contributed by atoms with Gasteiger partial charge in [0, 0.05) is 6.54 Å². The highest BCUT2D eigenvalue weighted by molar-refractivity contribution is 5.77. The Labute approximate surface area is 116 Å². The van der Waals surface area contributed by atoms with Gasteiger partial charge < -0.3 is 9.84 Å². The second-order valence-corrected chi connectivity index (χ2v) is 4.70. The maximum atomic E-state index is 12.3. The molecule has 108 valence electrons. The van der Waals surface area contributed by atoms with E-state index in [4.69, 9.17) is 4.52 Å². The molecule has 1 N–H and O–H groups in total. The molecule has 0 saturated carbocycles. The van der Waals surface area contributed by atoms with Gasteiger partial charge in [-0.05, 0) is 20.3 Å². The van der Waals surface area contributed by atoms with Gasteiger partial charge in [-0.25, -0.2) is 0 Å². The molecule has 0 aliphatic rings. The van der Waals surface area contributed by atoms with Crippen LogP contribution in [0.3, 0.4) is 0 Å². The van der Waals surface area contributed by atoms with E-state index in [0.717, 1.165) is 12.8 Å². The normalized spacial score (nSPS) is 10.9. The average molecular weight is 278 g/mol. The number of fused-ring (bicyclic) bond motifs is 1. The van der Waals surface area contributed by atoms with Gasteiger partial charge in [-0.3, -0.25) is 14.2 Å². The van der Waals surface area contributed by atoms with Crippen molar-refractivity contribution in [2.75, 3.05) is 6.54 Å². The maximum Gasteiger partial charge on any atom is 0.267 e. The molecule has 0 fully saturated rings. The SMILES string of the molecule is CCCCNC(=O)Cn1c(C)nc2onc(C)c2c1=O. The molecule has 7 heteroatoms. The number of carbonyl (C=O) groups is 1. The van der Waals surface area contributed by atoms with Gasteiger partial charge in [0.05, 0.1) is 5.69 Å². The van der Waals surface area contributed by atoms with Crippen molar-refractivity contribution in [2.24, 2.45) is 0 Å². The monoisotopic (exact) mass is 278 g/mol. The van der Waals surface area contributed by atoms with E-state index in [0.29, 0.717) is 23.4 Å². The van der Waals surface area contributed by atoms with Gasteiger partial charge in [0.25, 0.3) is 11.3 Å². The second-order valence-electron chi connectivity index (χ2n) is 4.70. The summed E-state index contributed by atoms with van der Waals surface area (Å²) in [5.74, 6) is 0.239. The van der Waals surface area contributed by atoms with E-state index in [1.807, 2.05) is 6.92 Å². The summed E-state index contributed by atoms with van der Waals surface area (Å²) < 4.78 is 6.32. The number of aryl methyl sites for hydroxylation is 2. The van der Waals surface area contributed by atoms with Crippen molar-refractivity contribution in [1.29, 1.82) is 0 Å². The second kappa shape index (κ2) is 5.85. The number of nitrogens with zero attached hydrogens (tertiary/aromatic N) is 3. The van der Waals surface area contributed by atoms with E-state index < -0.39 is 0 Å². The van der Waals surface area contributed by atoms with E-state index >= 15 is 0 Å². The molecule has 1 amide bonds. The number of hydrogen-bond donors (Lipinski definition) is 1. The summed E-state index contributed by atoms with van der Waals surface area (Å²) in [5.41, 5.74) is 0.405. The van der Waals surface area contributed by atoms with Crippen LogP contribution in [0.4, 0.5) is 0 Å². The third kappa shape index (κ3) is 2.71. The Balaban J connectivity index is 2.28. The first-order chi connectivity index (χ1) is 9.54. The van der Waals surface area contributed by atoms with Gasteiger partial charge in [0.15, 0.2) is 0 Å². The van der Waals surface area contributed by atoms with Gasteiger partial charge in [-0.15, -0.1) is 0 Å². The molecule has 0 atom stereocenters. The Kier molecular flexibility index (Phi) is 4.16. The first kappa shape index (κ1) is 14.2. The highest BCUT2D eigenvalue weighted by Gasteiger charge is 2.16. The summed E-state index contributed by atoms with van der Waals surface area (Å²) in [4.78, 5) is 28.3. The van der Waals surface area contributed by atoms with Crippen molar-refractivity contribution in [2.45, 2.75) is 40.2 Å². The predicted octanol–water partition coefficient (Wildman–Crippen LogP) is 0.918. The van der Waals surface area contributed by atoms with E-state index in [1.165, 1.54) is 4.57 Å². The van der Waals surface area contributed by atoms with Crippen LogP contribution in [-0.2, 0) is 11.3 Å². The van der Waals surface area contributed by atoms with Crippen molar-refractivity contribution < 1.29 is 9.32 Å². The van der Waals surface area contributed by atoms with Crippen LogP contribution in [-0.4, -0.2) is 27.2 Å². The lowest BCUT2D eigenvalue weighted by molar-refractivity contribution is -0.121. The Morgan fingerprint density at radius 1 is 1.40 bits per heavy atom. The van der Waals surface area contributed by atoms with Crippen LogP contribution < -0.4 is 10.9 Å². The maximum absolute atomic E-state index is 12.3. The third-order valence-electron chi connectivity index (χ3n) is 3.11. The molecular formula is C13H18N4O3. The fourth-order valence-corrected chi connectivity index (χ4v) is 1.96. The third-order valence-corrected chi connectivity index (χ3v) is 3.11. The highest BCUT2D eigenvalue weighted by Crippen LogP contribution is 2.11. The molecule has 2 aromatic rings. The number of carbonyl (C=O) groups excluding carboxylic acids is 1. The summed E-state index contributed by atoms with van der Waals surface area (Å²) in [6, 6.07) is 0. The molecule has 2 aromatic heterocycles. The van der Waals surface area contributed by atoms with E-state index in [1.54, 1.807) is 13.8 Å². The number of rotatable bonds is 5. The molecule has 0 spiro atoms. The van der Waals surface area contributed by atoms with Crippen LogP contribution in [0.15, 0.2) is 9.32 Å². The number of nitrogens with one attached hydrogen (secondary N) is 1. The van der Waals surface area contributed by atoms with E-state index in [2.05, 4.69) is 15.5 Å². The van der Waals surface area contributed by atoms with Crippen molar-refractivity contribution >= 4 is 17.0 Å². The highest BCUT2D eigenvalue weighted by atomic mass is 16.5. The molecule has 0 saturated heterocycles. The zero-order valence-electron chi connectivity index (χ0n) is 11.9. The van der Waals surface area contributed by atoms with Crippen LogP contribution in [0.25, 0.3) is 11.1 Å². The molecule has 0 aromatic carbocycles. The fourth-order valence-electron chi connectivity index (χ4n) is 1.96. The minimum atomic E-state index is -0.295. The van der Waals surface area contributed by atoms with Crippen molar-refractivity contribution in [3.8, 4) is 0 Å². The molecular weight excluding hydrogens is 260 g/mol. The van der Waals surface area contributed by atoms with Gasteiger partial charge in [0.1, 0.15) is 17.8 Å². The quantitative estimate of drug-likeness (QED) is 0.821. The largest absolute Gasteiger partial charge is 0.355 e. The standard InChI is InChI=1S/C13H18N4O3/c1-4-5-6-14-10(18)7-17-9(3)15-12-11(13(17)19)8(2)16-20-12/h4-7H2,1-3H3,(H,14,18). The van der Waals surface area contributed by atoms with Crippen molar-refractivity contribution in [3.05, 3.63) is 21.9 Å². The van der Waals surface area contributed by atoms with Crippen LogP contribution in [0.1, 0.15) is 31.3 Å². The van der Waals surface area contributed by atoms with Crippen LogP contribution in [0.5, 0.6) is 0 Å². The molecule has 0 aliphatic heterocycles. The molecule has 0 aliphatic carbocycles. The zero-order chi connectivity index (χ0) is 14.7. The lowest BCUT2D eigenvalue weighted by Crippen LogP contribution is -2.34. The fraction of sp³-hybridized carbons (Fsp3) is 0.538. The predicted molar refractivity (Wildman–Crippen MR) is 73.5 cm³/mol. The molecule has 2 heterocycles. The Morgan fingerprint density at radius 2 is 2.15 bits per heavy atom. The topological polar surface area (TPSA) is 90.0 Å². The van der Waals surface area contributed by atoms with Crippen molar-refractivity contribution in [1.82, 2.24) is 20.0 Å². The molecule has 20 heavy (non-hydrogen) atoms. The zero-order valence-corrected chi connectivity index (χ0v) is 11.9. The van der Waals surface area contributed by atoms with E-state index in [-0.39, 0.29) is 23.7 Å². The molecule has 2 rings (SSSR count). The first-order valence-corrected chi connectivity index (χ1v) is 6.64. The Morgan fingerprint density at radius 3 is 2.85 bits per heavy atom. The van der Waals surface area contributed by atoms with E-state index in [9.17, 15) is 9.59 Å². The van der Waals surface area contributed by atoms with Gasteiger partial charge >= 0.3 is 0 Å². The lowest BCUT2D eigenvalue weighted by atomic mass is 10.3. The van der Waals surface area contributed by atoms with Gasteiger partial charge in [-0.2, -0.15) is 4.98 Å². The number of amides is 1. The van der Waals surface area contributed by atoms with Crippen LogP contribution in [0.2, 0.25) is 0 Å².